The summed E-state index contributed by atoms with van der Waals surface area (Å²) in [5, 5.41) is 4.86. The fraction of sp³-hybridized carbons (Fsp3) is 0.235. The SMILES string of the molecule is C[C@@H](c1ccc(F)cc1)N1CC=C(c2cnn(C)c2)C=C1Cl. The Bertz CT molecular complexity index is 731. The highest BCUT2D eigenvalue weighted by molar-refractivity contribution is 6.30. The summed E-state index contributed by atoms with van der Waals surface area (Å²) < 4.78 is 14.8. The molecule has 0 saturated heterocycles. The normalized spacial score (nSPS) is 16.3. The lowest BCUT2D eigenvalue weighted by Gasteiger charge is -2.32. The smallest absolute Gasteiger partial charge is 0.123 e. The zero-order valence-electron chi connectivity index (χ0n) is 12.5. The molecule has 2 aromatic rings. The number of aromatic nitrogens is 2. The van der Waals surface area contributed by atoms with E-state index in [9.17, 15) is 4.39 Å². The summed E-state index contributed by atoms with van der Waals surface area (Å²) in [6, 6.07) is 6.62. The highest BCUT2D eigenvalue weighted by atomic mass is 35.5. The third kappa shape index (κ3) is 2.92. The molecule has 0 aliphatic carbocycles. The van der Waals surface area contributed by atoms with E-state index in [2.05, 4.69) is 23.0 Å². The second kappa shape index (κ2) is 5.97. The number of hydrogen-bond donors (Lipinski definition) is 0. The van der Waals surface area contributed by atoms with Crippen molar-refractivity contribution in [3.63, 3.8) is 0 Å². The summed E-state index contributed by atoms with van der Waals surface area (Å²) in [6.07, 6.45) is 7.86. The van der Waals surface area contributed by atoms with E-state index in [-0.39, 0.29) is 11.9 Å². The lowest BCUT2D eigenvalue weighted by molar-refractivity contribution is 0.316. The van der Waals surface area contributed by atoms with Gasteiger partial charge in [0.2, 0.25) is 0 Å². The average molecular weight is 318 g/mol. The van der Waals surface area contributed by atoms with Gasteiger partial charge in [0.25, 0.3) is 0 Å². The summed E-state index contributed by atoms with van der Waals surface area (Å²) in [4.78, 5) is 2.08. The van der Waals surface area contributed by atoms with Crippen LogP contribution in [0.3, 0.4) is 0 Å². The quantitative estimate of drug-likeness (QED) is 0.795. The summed E-state index contributed by atoms with van der Waals surface area (Å²) in [6.45, 7) is 2.77. The zero-order chi connectivity index (χ0) is 15.7. The van der Waals surface area contributed by atoms with Crippen molar-refractivity contribution in [2.75, 3.05) is 6.54 Å². The van der Waals surface area contributed by atoms with E-state index in [0.717, 1.165) is 16.7 Å². The topological polar surface area (TPSA) is 21.1 Å². The number of rotatable bonds is 3. The maximum atomic E-state index is 13.0. The van der Waals surface area contributed by atoms with Gasteiger partial charge in [0, 0.05) is 25.4 Å². The van der Waals surface area contributed by atoms with Crippen molar-refractivity contribution >= 4 is 17.2 Å². The van der Waals surface area contributed by atoms with Crippen molar-refractivity contribution in [3.8, 4) is 0 Å². The molecule has 1 aromatic carbocycles. The second-order valence-electron chi connectivity index (χ2n) is 5.41. The Hall–Kier alpha value is -2.07. The molecule has 0 N–H and O–H groups in total. The van der Waals surface area contributed by atoms with Crippen LogP contribution in [0.25, 0.3) is 5.57 Å². The van der Waals surface area contributed by atoms with Gasteiger partial charge in [-0.1, -0.05) is 29.8 Å². The van der Waals surface area contributed by atoms with Crippen LogP contribution >= 0.6 is 11.6 Å². The van der Waals surface area contributed by atoms with Gasteiger partial charge in [0.15, 0.2) is 0 Å². The highest BCUT2D eigenvalue weighted by Gasteiger charge is 2.20. The molecule has 3 rings (SSSR count). The number of halogens is 2. The van der Waals surface area contributed by atoms with Crippen LogP contribution in [0, 0.1) is 5.82 Å². The van der Waals surface area contributed by atoms with Crippen LogP contribution in [0.5, 0.6) is 0 Å². The van der Waals surface area contributed by atoms with Crippen molar-refractivity contribution in [2.45, 2.75) is 13.0 Å². The third-order valence-electron chi connectivity index (χ3n) is 3.92. The van der Waals surface area contributed by atoms with Gasteiger partial charge < -0.3 is 4.90 Å². The molecule has 2 heterocycles. The fourth-order valence-corrected chi connectivity index (χ4v) is 2.92. The first-order valence-corrected chi connectivity index (χ1v) is 7.51. The third-order valence-corrected chi connectivity index (χ3v) is 4.24. The first-order valence-electron chi connectivity index (χ1n) is 7.13. The molecule has 0 saturated carbocycles. The van der Waals surface area contributed by atoms with Gasteiger partial charge in [-0.3, -0.25) is 4.68 Å². The van der Waals surface area contributed by atoms with Gasteiger partial charge >= 0.3 is 0 Å². The molecule has 5 heteroatoms. The molecule has 0 radical (unpaired) electrons. The molecular weight excluding hydrogens is 301 g/mol. The Balaban J connectivity index is 1.80. The molecule has 1 aliphatic rings. The Morgan fingerprint density at radius 2 is 2.00 bits per heavy atom. The van der Waals surface area contributed by atoms with Crippen LogP contribution in [-0.2, 0) is 7.05 Å². The minimum atomic E-state index is -0.227. The number of benzene rings is 1. The summed E-state index contributed by atoms with van der Waals surface area (Å²) in [7, 11) is 1.89. The van der Waals surface area contributed by atoms with Crippen molar-refractivity contribution < 1.29 is 4.39 Å². The molecule has 1 aliphatic heterocycles. The predicted molar refractivity (Wildman–Crippen MR) is 86.6 cm³/mol. The number of aryl methyl sites for hydroxylation is 1. The van der Waals surface area contributed by atoms with Crippen molar-refractivity contribution in [1.82, 2.24) is 14.7 Å². The predicted octanol–water partition coefficient (Wildman–Crippen LogP) is 4.10. The highest BCUT2D eigenvalue weighted by Crippen LogP contribution is 2.32. The molecule has 0 fully saturated rings. The second-order valence-corrected chi connectivity index (χ2v) is 5.80. The van der Waals surface area contributed by atoms with E-state index >= 15 is 0 Å². The van der Waals surface area contributed by atoms with Crippen LogP contribution in [0.2, 0.25) is 0 Å². The summed E-state index contributed by atoms with van der Waals surface area (Å²) in [5.74, 6) is -0.227. The first-order chi connectivity index (χ1) is 10.5. The van der Waals surface area contributed by atoms with E-state index in [0.29, 0.717) is 11.7 Å². The Morgan fingerprint density at radius 3 is 2.59 bits per heavy atom. The average Bonchev–Trinajstić information content (AvgIpc) is 2.94. The molecular formula is C17H17ClFN3. The van der Waals surface area contributed by atoms with Crippen molar-refractivity contribution in [3.05, 3.63) is 70.9 Å². The molecule has 0 unspecified atom stereocenters. The molecule has 3 nitrogen and oxygen atoms in total. The largest absolute Gasteiger partial charge is 0.352 e. The molecule has 1 atom stereocenters. The lowest BCUT2D eigenvalue weighted by atomic mass is 10.0. The number of hydrogen-bond acceptors (Lipinski definition) is 2. The Kier molecular flexibility index (Phi) is 4.03. The minimum absolute atomic E-state index is 0.0797. The van der Waals surface area contributed by atoms with Crippen molar-refractivity contribution in [1.29, 1.82) is 0 Å². The van der Waals surface area contributed by atoms with E-state index in [1.807, 2.05) is 25.5 Å². The maximum absolute atomic E-state index is 13.0. The zero-order valence-corrected chi connectivity index (χ0v) is 13.3. The maximum Gasteiger partial charge on any atom is 0.123 e. The van der Waals surface area contributed by atoms with Crippen LogP contribution < -0.4 is 0 Å². The standard InChI is InChI=1S/C17H17ClFN3/c1-12(13-3-5-16(19)6-4-13)22-8-7-14(9-17(22)18)15-10-20-21(2)11-15/h3-7,9-12H,8H2,1-2H3/t12-/m0/s1. The van der Waals surface area contributed by atoms with Gasteiger partial charge in [0.05, 0.1) is 12.2 Å². The Morgan fingerprint density at radius 1 is 1.27 bits per heavy atom. The number of nitrogens with zero attached hydrogens (tertiary/aromatic N) is 3. The van der Waals surface area contributed by atoms with Gasteiger partial charge in [-0.05, 0) is 36.3 Å². The molecule has 0 spiro atoms. The van der Waals surface area contributed by atoms with E-state index in [1.165, 1.54) is 12.1 Å². The van der Waals surface area contributed by atoms with Gasteiger partial charge in [0.1, 0.15) is 11.0 Å². The van der Waals surface area contributed by atoms with Crippen LogP contribution in [-0.4, -0.2) is 21.2 Å². The van der Waals surface area contributed by atoms with Crippen LogP contribution in [0.4, 0.5) is 4.39 Å². The Labute approximate surface area is 134 Å². The van der Waals surface area contributed by atoms with E-state index in [4.69, 9.17) is 11.6 Å². The van der Waals surface area contributed by atoms with Gasteiger partial charge in [-0.25, -0.2) is 4.39 Å². The van der Waals surface area contributed by atoms with Crippen molar-refractivity contribution in [2.24, 2.45) is 7.05 Å². The fourth-order valence-electron chi connectivity index (χ4n) is 2.59. The molecule has 0 amide bonds. The van der Waals surface area contributed by atoms with Gasteiger partial charge in [-0.2, -0.15) is 5.10 Å². The number of allylic oxidation sites excluding steroid dienone is 2. The molecule has 114 valence electrons. The van der Waals surface area contributed by atoms with E-state index < -0.39 is 0 Å². The van der Waals surface area contributed by atoms with E-state index in [1.54, 1.807) is 16.8 Å². The molecule has 0 bridgehead atoms. The first kappa shape index (κ1) is 14.9. The lowest BCUT2D eigenvalue weighted by Crippen LogP contribution is -2.26. The van der Waals surface area contributed by atoms with Gasteiger partial charge in [-0.15, -0.1) is 0 Å². The summed E-state index contributed by atoms with van der Waals surface area (Å²) in [5.41, 5.74) is 3.15. The molecule has 1 aromatic heterocycles. The monoisotopic (exact) mass is 317 g/mol. The van der Waals surface area contributed by atoms with Crippen LogP contribution in [0.1, 0.15) is 24.1 Å². The molecule has 22 heavy (non-hydrogen) atoms. The minimum Gasteiger partial charge on any atom is -0.352 e. The summed E-state index contributed by atoms with van der Waals surface area (Å²) >= 11 is 6.46. The van der Waals surface area contributed by atoms with Crippen LogP contribution in [0.15, 0.2) is 54.0 Å².